The summed E-state index contributed by atoms with van der Waals surface area (Å²) in [4.78, 5) is 25.5. The average molecular weight is 453 g/mol. The lowest BCUT2D eigenvalue weighted by atomic mass is 10.00. The summed E-state index contributed by atoms with van der Waals surface area (Å²) in [6, 6.07) is 11.1. The molecule has 0 unspecified atom stereocenters. The van der Waals surface area contributed by atoms with Crippen LogP contribution in [0.2, 0.25) is 5.02 Å². The smallest absolute Gasteiger partial charge is 0.255 e. The molecule has 0 fully saturated rings. The number of aromatic nitrogens is 2. The second kappa shape index (κ2) is 10.4. The molecule has 0 atom stereocenters. The molecule has 0 spiro atoms. The molecule has 0 saturated carbocycles. The molecular weight excluding hydrogens is 424 g/mol. The van der Waals surface area contributed by atoms with Crippen molar-refractivity contribution in [3.05, 3.63) is 64.9 Å². The molecule has 1 aromatic heterocycles. The third kappa shape index (κ3) is 5.96. The fourth-order valence-corrected chi connectivity index (χ4v) is 3.60. The summed E-state index contributed by atoms with van der Waals surface area (Å²) < 4.78 is 0. The number of nitrogens with zero attached hydrogens (tertiary/aromatic N) is 4. The van der Waals surface area contributed by atoms with Crippen LogP contribution in [0.15, 0.2) is 48.8 Å². The molecule has 3 rings (SSSR count). The van der Waals surface area contributed by atoms with E-state index in [1.165, 1.54) is 0 Å². The van der Waals surface area contributed by atoms with Crippen LogP contribution >= 0.6 is 11.6 Å². The van der Waals surface area contributed by atoms with Gasteiger partial charge >= 0.3 is 0 Å². The Morgan fingerprint density at radius 3 is 2.47 bits per heavy atom. The number of benzene rings is 2. The number of rotatable bonds is 8. The number of nitrogen functional groups attached to an aromatic ring is 1. The highest BCUT2D eigenvalue weighted by Gasteiger charge is 2.15. The second-order valence-corrected chi connectivity index (χ2v) is 8.49. The Morgan fingerprint density at radius 2 is 1.78 bits per heavy atom. The number of aryl methyl sites for hydroxylation is 1. The van der Waals surface area contributed by atoms with E-state index in [9.17, 15) is 4.79 Å². The number of halogens is 1. The number of nitrogens with two attached hydrogens (primary N) is 1. The van der Waals surface area contributed by atoms with Crippen molar-refractivity contribution in [2.75, 3.05) is 50.2 Å². The number of carbonyl (C=O) groups excluding carboxylic acids is 1. The zero-order valence-corrected chi connectivity index (χ0v) is 19.6. The summed E-state index contributed by atoms with van der Waals surface area (Å²) in [7, 11) is 6.13. The molecule has 1 heterocycles. The molecular formula is C24H29ClN6O. The quantitative estimate of drug-likeness (QED) is 0.529. The minimum Gasteiger partial charge on any atom is -0.373 e. The van der Waals surface area contributed by atoms with E-state index < -0.39 is 0 Å². The van der Waals surface area contributed by atoms with Crippen molar-refractivity contribution in [2.24, 2.45) is 0 Å². The van der Waals surface area contributed by atoms with Crippen LogP contribution in [0.3, 0.4) is 0 Å². The van der Waals surface area contributed by atoms with Crippen LogP contribution in [0.5, 0.6) is 0 Å². The van der Waals surface area contributed by atoms with Crippen LogP contribution in [-0.4, -0.2) is 55.0 Å². The van der Waals surface area contributed by atoms with Gasteiger partial charge in [-0.2, -0.15) is 0 Å². The molecule has 168 valence electrons. The van der Waals surface area contributed by atoms with E-state index in [-0.39, 0.29) is 11.9 Å². The molecule has 0 aliphatic rings. The first-order valence-electron chi connectivity index (χ1n) is 10.4. The van der Waals surface area contributed by atoms with Gasteiger partial charge in [0.1, 0.15) is 0 Å². The predicted octanol–water partition coefficient (Wildman–Crippen LogP) is 4.33. The van der Waals surface area contributed by atoms with Gasteiger partial charge in [-0.05, 0) is 75.4 Å². The lowest BCUT2D eigenvalue weighted by Crippen LogP contribution is -2.24. The van der Waals surface area contributed by atoms with Crippen molar-refractivity contribution in [3.8, 4) is 11.1 Å². The van der Waals surface area contributed by atoms with Gasteiger partial charge in [-0.3, -0.25) is 4.79 Å². The van der Waals surface area contributed by atoms with Crippen LogP contribution < -0.4 is 16.0 Å². The van der Waals surface area contributed by atoms with Gasteiger partial charge in [0.05, 0.1) is 11.4 Å². The Kier molecular flexibility index (Phi) is 7.66. The Morgan fingerprint density at radius 1 is 1.06 bits per heavy atom. The van der Waals surface area contributed by atoms with E-state index in [0.717, 1.165) is 41.9 Å². The van der Waals surface area contributed by atoms with Gasteiger partial charge in [0.2, 0.25) is 5.95 Å². The Hall–Kier alpha value is -3.16. The molecule has 0 bridgehead atoms. The summed E-state index contributed by atoms with van der Waals surface area (Å²) in [5.41, 5.74) is 10.4. The molecule has 0 saturated heterocycles. The first-order valence-corrected chi connectivity index (χ1v) is 10.8. The third-order valence-corrected chi connectivity index (χ3v) is 5.43. The summed E-state index contributed by atoms with van der Waals surface area (Å²) in [5.74, 6) is -0.00342. The number of hydrogen-bond acceptors (Lipinski definition) is 6. The highest BCUT2D eigenvalue weighted by Crippen LogP contribution is 2.30. The standard InChI is InChI=1S/C24H29ClN6O/c1-16-6-7-17(12-20(16)18-14-27-24(26)28-15-18)23(32)29-21-13-19(25)8-9-22(21)31(4)11-5-10-30(2)3/h6-9,12-15H,5,10-11H2,1-4H3,(H,29,32)(H2,26,27,28). The van der Waals surface area contributed by atoms with Gasteiger partial charge in [0.25, 0.3) is 5.91 Å². The van der Waals surface area contributed by atoms with Crippen LogP contribution in [0, 0.1) is 6.92 Å². The lowest BCUT2D eigenvalue weighted by molar-refractivity contribution is 0.102. The van der Waals surface area contributed by atoms with Crippen molar-refractivity contribution >= 4 is 34.8 Å². The molecule has 2 aromatic carbocycles. The van der Waals surface area contributed by atoms with E-state index in [4.69, 9.17) is 17.3 Å². The fraction of sp³-hybridized carbons (Fsp3) is 0.292. The predicted molar refractivity (Wildman–Crippen MR) is 132 cm³/mol. The van der Waals surface area contributed by atoms with E-state index in [1.54, 1.807) is 24.5 Å². The first-order chi connectivity index (χ1) is 15.2. The normalized spacial score (nSPS) is 10.9. The van der Waals surface area contributed by atoms with Crippen LogP contribution in [0.1, 0.15) is 22.3 Å². The number of hydrogen-bond donors (Lipinski definition) is 2. The van der Waals surface area contributed by atoms with E-state index >= 15 is 0 Å². The van der Waals surface area contributed by atoms with Crippen molar-refractivity contribution in [3.63, 3.8) is 0 Å². The van der Waals surface area contributed by atoms with E-state index in [0.29, 0.717) is 16.3 Å². The monoisotopic (exact) mass is 452 g/mol. The van der Waals surface area contributed by atoms with Gasteiger partial charge in [0.15, 0.2) is 0 Å². The van der Waals surface area contributed by atoms with Crippen LogP contribution in [0.25, 0.3) is 11.1 Å². The molecule has 0 aliphatic carbocycles. The summed E-state index contributed by atoms with van der Waals surface area (Å²) in [6.07, 6.45) is 4.32. The number of amides is 1. The number of nitrogens with one attached hydrogen (secondary N) is 1. The molecule has 3 N–H and O–H groups in total. The summed E-state index contributed by atoms with van der Waals surface area (Å²) >= 11 is 6.24. The van der Waals surface area contributed by atoms with Gasteiger partial charge in [0, 0.05) is 42.1 Å². The van der Waals surface area contributed by atoms with Crippen LogP contribution in [0.4, 0.5) is 17.3 Å². The molecule has 3 aromatic rings. The van der Waals surface area contributed by atoms with Crippen molar-refractivity contribution < 1.29 is 4.79 Å². The minimum atomic E-state index is -0.215. The number of carbonyl (C=O) groups is 1. The molecule has 0 radical (unpaired) electrons. The first kappa shape index (κ1) is 23.5. The van der Waals surface area contributed by atoms with Crippen molar-refractivity contribution in [2.45, 2.75) is 13.3 Å². The maximum atomic E-state index is 13.1. The Labute approximate surface area is 194 Å². The van der Waals surface area contributed by atoms with Crippen molar-refractivity contribution in [1.82, 2.24) is 14.9 Å². The second-order valence-electron chi connectivity index (χ2n) is 8.05. The minimum absolute atomic E-state index is 0.212. The lowest BCUT2D eigenvalue weighted by Gasteiger charge is -2.24. The van der Waals surface area contributed by atoms with Crippen molar-refractivity contribution in [1.29, 1.82) is 0 Å². The zero-order valence-electron chi connectivity index (χ0n) is 18.9. The fourth-order valence-electron chi connectivity index (χ4n) is 3.43. The molecule has 8 heteroatoms. The average Bonchev–Trinajstić information content (AvgIpc) is 2.74. The topological polar surface area (TPSA) is 87.4 Å². The number of anilines is 3. The molecule has 0 aliphatic heterocycles. The highest BCUT2D eigenvalue weighted by molar-refractivity contribution is 6.31. The SMILES string of the molecule is Cc1ccc(C(=O)Nc2cc(Cl)ccc2N(C)CCCN(C)C)cc1-c1cnc(N)nc1. The Bertz CT molecular complexity index is 1080. The van der Waals surface area contributed by atoms with Gasteiger partial charge in [-0.1, -0.05) is 17.7 Å². The molecule has 1 amide bonds. The Balaban J connectivity index is 1.83. The van der Waals surface area contributed by atoms with E-state index in [2.05, 4.69) is 39.2 Å². The maximum absolute atomic E-state index is 13.1. The van der Waals surface area contributed by atoms with Crippen LogP contribution in [-0.2, 0) is 0 Å². The largest absolute Gasteiger partial charge is 0.373 e. The highest BCUT2D eigenvalue weighted by atomic mass is 35.5. The zero-order chi connectivity index (χ0) is 23.3. The molecule has 32 heavy (non-hydrogen) atoms. The van der Waals surface area contributed by atoms with Gasteiger partial charge < -0.3 is 20.9 Å². The summed E-state index contributed by atoms with van der Waals surface area (Å²) in [6.45, 7) is 3.82. The van der Waals surface area contributed by atoms with E-state index in [1.807, 2.05) is 38.2 Å². The maximum Gasteiger partial charge on any atom is 0.255 e. The van der Waals surface area contributed by atoms with Gasteiger partial charge in [-0.15, -0.1) is 0 Å². The summed E-state index contributed by atoms with van der Waals surface area (Å²) in [5, 5.41) is 3.59. The molecule has 7 nitrogen and oxygen atoms in total. The van der Waals surface area contributed by atoms with Gasteiger partial charge in [-0.25, -0.2) is 9.97 Å². The third-order valence-electron chi connectivity index (χ3n) is 5.20.